The van der Waals surface area contributed by atoms with E-state index in [1.54, 1.807) is 7.11 Å². The zero-order valence-corrected chi connectivity index (χ0v) is 9.76. The van der Waals surface area contributed by atoms with Crippen LogP contribution in [0.25, 0.3) is 0 Å². The number of para-hydroxylation sites is 1. The van der Waals surface area contributed by atoms with Crippen molar-refractivity contribution in [3.63, 3.8) is 0 Å². The molecule has 1 atom stereocenters. The molecule has 0 aromatic heterocycles. The molecule has 2 heteroatoms. The molecule has 1 unspecified atom stereocenters. The second-order valence-electron chi connectivity index (χ2n) is 4.73. The molecular weight excluding hydrogens is 186 g/mol. The summed E-state index contributed by atoms with van der Waals surface area (Å²) < 4.78 is 5.28. The first-order valence-electron chi connectivity index (χ1n) is 5.50. The van der Waals surface area contributed by atoms with Crippen LogP contribution in [0.3, 0.4) is 0 Å². The van der Waals surface area contributed by atoms with Crippen molar-refractivity contribution in [1.29, 1.82) is 0 Å². The van der Waals surface area contributed by atoms with Crippen molar-refractivity contribution in [1.82, 2.24) is 0 Å². The standard InChI is InChI=1S/C13H19NO/c1-10-5-4-6-11-7-8-13(2,9-15-3)14-12(10)11/h4-6,14H,7-9H2,1-3H3. The highest BCUT2D eigenvalue weighted by atomic mass is 16.5. The van der Waals surface area contributed by atoms with Crippen LogP contribution in [0.4, 0.5) is 5.69 Å². The van der Waals surface area contributed by atoms with E-state index in [9.17, 15) is 0 Å². The number of hydrogen-bond donors (Lipinski definition) is 1. The molecule has 0 bridgehead atoms. The third-order valence-electron chi connectivity index (χ3n) is 3.19. The van der Waals surface area contributed by atoms with Gasteiger partial charge in [0.05, 0.1) is 12.1 Å². The van der Waals surface area contributed by atoms with Crippen LogP contribution in [0.15, 0.2) is 18.2 Å². The third-order valence-corrected chi connectivity index (χ3v) is 3.19. The van der Waals surface area contributed by atoms with Gasteiger partial charge in [0.2, 0.25) is 0 Å². The molecule has 0 amide bonds. The lowest BCUT2D eigenvalue weighted by atomic mass is 9.87. The number of methoxy groups -OCH3 is 1. The number of fused-ring (bicyclic) bond motifs is 1. The smallest absolute Gasteiger partial charge is 0.0690 e. The molecule has 1 aromatic rings. The number of rotatable bonds is 2. The fraction of sp³-hybridized carbons (Fsp3) is 0.538. The van der Waals surface area contributed by atoms with Crippen LogP contribution in [0, 0.1) is 6.92 Å². The molecule has 1 aliphatic rings. The van der Waals surface area contributed by atoms with Gasteiger partial charge in [0, 0.05) is 12.8 Å². The molecule has 15 heavy (non-hydrogen) atoms. The first kappa shape index (κ1) is 10.5. The number of anilines is 1. The normalized spacial score (nSPS) is 24.5. The van der Waals surface area contributed by atoms with Crippen molar-refractivity contribution >= 4 is 5.69 Å². The van der Waals surface area contributed by atoms with E-state index in [0.717, 1.165) is 19.4 Å². The minimum atomic E-state index is 0.0911. The van der Waals surface area contributed by atoms with Gasteiger partial charge in [0.15, 0.2) is 0 Å². The zero-order valence-electron chi connectivity index (χ0n) is 9.76. The molecule has 2 nitrogen and oxygen atoms in total. The molecule has 82 valence electrons. The average Bonchev–Trinajstić information content (AvgIpc) is 2.20. The van der Waals surface area contributed by atoms with Crippen LogP contribution in [0.1, 0.15) is 24.5 Å². The van der Waals surface area contributed by atoms with Crippen molar-refractivity contribution in [2.45, 2.75) is 32.2 Å². The fourth-order valence-electron chi connectivity index (χ4n) is 2.32. The minimum absolute atomic E-state index is 0.0911. The lowest BCUT2D eigenvalue weighted by Crippen LogP contribution is -2.43. The number of benzene rings is 1. The van der Waals surface area contributed by atoms with Gasteiger partial charge in [0.25, 0.3) is 0 Å². The molecule has 1 aromatic carbocycles. The van der Waals surface area contributed by atoms with E-state index in [1.807, 2.05) is 0 Å². The molecule has 1 N–H and O–H groups in total. The summed E-state index contributed by atoms with van der Waals surface area (Å²) in [5.74, 6) is 0. The van der Waals surface area contributed by atoms with Crippen molar-refractivity contribution in [3.05, 3.63) is 29.3 Å². The molecular formula is C13H19NO. The van der Waals surface area contributed by atoms with Gasteiger partial charge in [-0.1, -0.05) is 18.2 Å². The van der Waals surface area contributed by atoms with Crippen molar-refractivity contribution in [2.24, 2.45) is 0 Å². The summed E-state index contributed by atoms with van der Waals surface area (Å²) in [6, 6.07) is 6.50. The summed E-state index contributed by atoms with van der Waals surface area (Å²) in [7, 11) is 1.76. The second kappa shape index (κ2) is 3.86. The summed E-state index contributed by atoms with van der Waals surface area (Å²) in [6.45, 7) is 5.15. The van der Waals surface area contributed by atoms with E-state index >= 15 is 0 Å². The Kier molecular flexibility index (Phi) is 2.70. The Morgan fingerprint density at radius 3 is 3.00 bits per heavy atom. The highest BCUT2D eigenvalue weighted by Crippen LogP contribution is 2.32. The van der Waals surface area contributed by atoms with E-state index in [-0.39, 0.29) is 5.54 Å². The van der Waals surface area contributed by atoms with Gasteiger partial charge in [0.1, 0.15) is 0 Å². The van der Waals surface area contributed by atoms with Crippen LogP contribution in [0.5, 0.6) is 0 Å². The Bertz CT molecular complexity index is 362. The molecule has 1 aliphatic heterocycles. The molecule has 0 fully saturated rings. The lowest BCUT2D eigenvalue weighted by molar-refractivity contribution is 0.144. The summed E-state index contributed by atoms with van der Waals surface area (Å²) in [4.78, 5) is 0. The van der Waals surface area contributed by atoms with Crippen molar-refractivity contribution in [3.8, 4) is 0 Å². The predicted molar refractivity (Wildman–Crippen MR) is 63.4 cm³/mol. The highest BCUT2D eigenvalue weighted by molar-refractivity contribution is 5.60. The zero-order chi connectivity index (χ0) is 10.9. The van der Waals surface area contributed by atoms with Gasteiger partial charge in [-0.05, 0) is 37.8 Å². The van der Waals surface area contributed by atoms with E-state index in [1.165, 1.54) is 16.8 Å². The highest BCUT2D eigenvalue weighted by Gasteiger charge is 2.29. The van der Waals surface area contributed by atoms with Gasteiger partial charge in [-0.2, -0.15) is 0 Å². The molecule has 2 rings (SSSR count). The van der Waals surface area contributed by atoms with E-state index in [2.05, 4.69) is 37.4 Å². The minimum Gasteiger partial charge on any atom is -0.382 e. The summed E-state index contributed by atoms with van der Waals surface area (Å²) in [5, 5.41) is 3.62. The molecule has 0 radical (unpaired) electrons. The van der Waals surface area contributed by atoms with Crippen LogP contribution in [-0.2, 0) is 11.2 Å². The molecule has 1 heterocycles. The monoisotopic (exact) mass is 205 g/mol. The first-order valence-corrected chi connectivity index (χ1v) is 5.50. The van der Waals surface area contributed by atoms with Crippen molar-refractivity contribution in [2.75, 3.05) is 19.0 Å². The lowest BCUT2D eigenvalue weighted by Gasteiger charge is -2.37. The maximum absolute atomic E-state index is 5.28. The number of hydrogen-bond acceptors (Lipinski definition) is 2. The van der Waals surface area contributed by atoms with Gasteiger partial charge in [-0.3, -0.25) is 0 Å². The van der Waals surface area contributed by atoms with Crippen LogP contribution >= 0.6 is 0 Å². The van der Waals surface area contributed by atoms with Crippen molar-refractivity contribution < 1.29 is 4.74 Å². The second-order valence-corrected chi connectivity index (χ2v) is 4.73. The summed E-state index contributed by atoms with van der Waals surface area (Å²) in [5.41, 5.74) is 4.16. The topological polar surface area (TPSA) is 21.3 Å². The third kappa shape index (κ3) is 2.00. The average molecular weight is 205 g/mol. The molecule has 0 spiro atoms. The van der Waals surface area contributed by atoms with Gasteiger partial charge < -0.3 is 10.1 Å². The van der Waals surface area contributed by atoms with E-state index < -0.39 is 0 Å². The number of aryl methyl sites for hydroxylation is 2. The van der Waals surface area contributed by atoms with Gasteiger partial charge in [-0.25, -0.2) is 0 Å². The Morgan fingerprint density at radius 1 is 1.47 bits per heavy atom. The predicted octanol–water partition coefficient (Wildman–Crippen LogP) is 2.76. The summed E-state index contributed by atoms with van der Waals surface area (Å²) in [6.07, 6.45) is 2.28. The Hall–Kier alpha value is -1.02. The maximum atomic E-state index is 5.28. The molecule has 0 saturated heterocycles. The Morgan fingerprint density at radius 2 is 2.27 bits per heavy atom. The van der Waals surface area contributed by atoms with Gasteiger partial charge in [-0.15, -0.1) is 0 Å². The van der Waals surface area contributed by atoms with E-state index in [4.69, 9.17) is 4.74 Å². The van der Waals surface area contributed by atoms with Crippen LogP contribution in [-0.4, -0.2) is 19.3 Å². The number of nitrogens with one attached hydrogen (secondary N) is 1. The van der Waals surface area contributed by atoms with Crippen LogP contribution < -0.4 is 5.32 Å². The van der Waals surface area contributed by atoms with Crippen LogP contribution in [0.2, 0.25) is 0 Å². The summed E-state index contributed by atoms with van der Waals surface area (Å²) >= 11 is 0. The Balaban J connectivity index is 2.29. The SMILES string of the molecule is COCC1(C)CCc2cccc(C)c2N1. The quantitative estimate of drug-likeness (QED) is 0.801. The molecule has 0 aliphatic carbocycles. The number of ether oxygens (including phenoxy) is 1. The maximum Gasteiger partial charge on any atom is 0.0690 e. The largest absolute Gasteiger partial charge is 0.382 e. The van der Waals surface area contributed by atoms with Gasteiger partial charge >= 0.3 is 0 Å². The fourth-order valence-corrected chi connectivity index (χ4v) is 2.32. The first-order chi connectivity index (χ1) is 7.14. The van der Waals surface area contributed by atoms with E-state index in [0.29, 0.717) is 0 Å². The molecule has 0 saturated carbocycles. The Labute approximate surface area is 91.6 Å².